The fraction of sp³-hybridized carbons (Fsp3) is 0.125. The van der Waals surface area contributed by atoms with Gasteiger partial charge in [-0.1, -0.05) is 12.1 Å². The van der Waals surface area contributed by atoms with Gasteiger partial charge in [0, 0.05) is 22.7 Å². The van der Waals surface area contributed by atoms with Crippen molar-refractivity contribution in [3.63, 3.8) is 0 Å². The van der Waals surface area contributed by atoms with Crippen LogP contribution in [0.1, 0.15) is 11.1 Å². The Morgan fingerprint density at radius 3 is 2.74 bits per heavy atom. The van der Waals surface area contributed by atoms with E-state index in [1.807, 2.05) is 42.0 Å². The van der Waals surface area contributed by atoms with Gasteiger partial charge in [0.25, 0.3) is 0 Å². The van der Waals surface area contributed by atoms with Crippen LogP contribution in [0.25, 0.3) is 10.9 Å². The summed E-state index contributed by atoms with van der Waals surface area (Å²) in [6.45, 7) is 2.37. The maximum absolute atomic E-state index is 13.7. The molecule has 3 aromatic rings. The highest BCUT2D eigenvalue weighted by molar-refractivity contribution is 5.83. The molecule has 0 fully saturated rings. The molecule has 0 saturated heterocycles. The zero-order valence-electron chi connectivity index (χ0n) is 10.5. The minimum Gasteiger partial charge on any atom is -0.343 e. The second kappa shape index (κ2) is 4.50. The number of hydrogen-bond acceptors (Lipinski definition) is 0. The molecule has 0 atom stereocenters. The van der Waals surface area contributed by atoms with Crippen LogP contribution < -0.4 is 0 Å². The average molecular weight is 257 g/mol. The summed E-state index contributed by atoms with van der Waals surface area (Å²) in [7, 11) is 0. The van der Waals surface area contributed by atoms with E-state index in [1.165, 1.54) is 17.7 Å². The molecule has 0 spiro atoms. The van der Waals surface area contributed by atoms with Crippen LogP contribution >= 0.6 is 0 Å². The van der Waals surface area contributed by atoms with Crippen LogP contribution in [0.2, 0.25) is 0 Å². The topological polar surface area (TPSA) is 4.93 Å². The van der Waals surface area contributed by atoms with E-state index in [1.54, 1.807) is 0 Å². The van der Waals surface area contributed by atoms with Gasteiger partial charge in [-0.15, -0.1) is 0 Å². The molecule has 1 nitrogen and oxygen atoms in total. The Balaban J connectivity index is 2.06. The number of nitrogens with zero attached hydrogens (tertiary/aromatic N) is 1. The number of benzene rings is 2. The molecule has 0 radical (unpaired) electrons. The third-order valence-corrected chi connectivity index (χ3v) is 3.38. The first kappa shape index (κ1) is 11.9. The minimum absolute atomic E-state index is 0.330. The molecule has 3 heteroatoms. The van der Waals surface area contributed by atoms with Crippen LogP contribution in [0.5, 0.6) is 0 Å². The number of rotatable bonds is 2. The molecule has 0 bridgehead atoms. The van der Waals surface area contributed by atoms with Crippen LogP contribution in [0, 0.1) is 18.6 Å². The largest absolute Gasteiger partial charge is 0.343 e. The van der Waals surface area contributed by atoms with Gasteiger partial charge in [0.15, 0.2) is 0 Å². The molecule has 0 saturated carbocycles. The Kier molecular flexibility index (Phi) is 2.82. The van der Waals surface area contributed by atoms with Gasteiger partial charge in [-0.3, -0.25) is 0 Å². The second-order valence-electron chi connectivity index (χ2n) is 4.69. The average Bonchev–Trinajstić information content (AvgIpc) is 2.79. The maximum Gasteiger partial charge on any atom is 0.128 e. The van der Waals surface area contributed by atoms with Gasteiger partial charge in [-0.25, -0.2) is 8.78 Å². The van der Waals surface area contributed by atoms with Crippen molar-refractivity contribution in [2.45, 2.75) is 13.5 Å². The van der Waals surface area contributed by atoms with E-state index < -0.39 is 5.82 Å². The molecular formula is C16H13F2N. The minimum atomic E-state index is -0.413. The maximum atomic E-state index is 13.7. The van der Waals surface area contributed by atoms with Gasteiger partial charge in [0.05, 0.1) is 6.54 Å². The van der Waals surface area contributed by atoms with Crippen molar-refractivity contribution in [3.8, 4) is 0 Å². The molecule has 19 heavy (non-hydrogen) atoms. The van der Waals surface area contributed by atoms with Crippen LogP contribution in [-0.2, 0) is 6.54 Å². The lowest BCUT2D eigenvalue weighted by atomic mass is 10.1. The zero-order chi connectivity index (χ0) is 13.4. The lowest BCUT2D eigenvalue weighted by Crippen LogP contribution is -2.01. The first-order valence-corrected chi connectivity index (χ1v) is 6.13. The standard InChI is InChI=1S/C16H13F2N/c1-11-3-2-4-16-14(11)7-8-19(16)10-12-9-13(17)5-6-15(12)18/h2-9H,10H2,1H3. The van der Waals surface area contributed by atoms with Crippen molar-refractivity contribution in [2.75, 3.05) is 0 Å². The van der Waals surface area contributed by atoms with Gasteiger partial charge < -0.3 is 4.57 Å². The van der Waals surface area contributed by atoms with Gasteiger partial charge in [0.1, 0.15) is 11.6 Å². The Morgan fingerprint density at radius 2 is 1.89 bits per heavy atom. The van der Waals surface area contributed by atoms with Crippen molar-refractivity contribution in [3.05, 3.63) is 71.4 Å². The monoisotopic (exact) mass is 257 g/mol. The van der Waals surface area contributed by atoms with Crippen LogP contribution in [0.4, 0.5) is 8.78 Å². The first-order valence-electron chi connectivity index (χ1n) is 6.13. The third kappa shape index (κ3) is 2.12. The number of hydrogen-bond donors (Lipinski definition) is 0. The summed E-state index contributed by atoms with van der Waals surface area (Å²) < 4.78 is 28.8. The van der Waals surface area contributed by atoms with E-state index in [9.17, 15) is 8.78 Å². The molecule has 1 aromatic heterocycles. The quantitative estimate of drug-likeness (QED) is 0.646. The number of fused-ring (bicyclic) bond motifs is 1. The van der Waals surface area contributed by atoms with Crippen molar-refractivity contribution in [2.24, 2.45) is 0 Å². The summed E-state index contributed by atoms with van der Waals surface area (Å²) in [5, 5.41) is 1.14. The van der Waals surface area contributed by atoms with Gasteiger partial charge in [-0.2, -0.15) is 0 Å². The fourth-order valence-electron chi connectivity index (χ4n) is 2.36. The smallest absolute Gasteiger partial charge is 0.128 e. The van der Waals surface area contributed by atoms with E-state index in [0.717, 1.165) is 17.0 Å². The first-order chi connectivity index (χ1) is 9.15. The zero-order valence-corrected chi connectivity index (χ0v) is 10.5. The van der Waals surface area contributed by atoms with Gasteiger partial charge in [-0.05, 0) is 42.8 Å². The Hall–Kier alpha value is -2.16. The van der Waals surface area contributed by atoms with Crippen molar-refractivity contribution < 1.29 is 8.78 Å². The summed E-state index contributed by atoms with van der Waals surface area (Å²) >= 11 is 0. The Bertz CT molecular complexity index is 744. The molecule has 2 aromatic carbocycles. The van der Waals surface area contributed by atoms with E-state index in [2.05, 4.69) is 0 Å². The predicted molar refractivity (Wildman–Crippen MR) is 72.1 cm³/mol. The number of halogens is 2. The molecule has 96 valence electrons. The summed E-state index contributed by atoms with van der Waals surface area (Å²) in [6, 6.07) is 11.5. The lowest BCUT2D eigenvalue weighted by molar-refractivity contribution is 0.579. The van der Waals surface area contributed by atoms with E-state index >= 15 is 0 Å². The predicted octanol–water partition coefficient (Wildman–Crippen LogP) is 4.28. The van der Waals surface area contributed by atoms with Crippen LogP contribution in [-0.4, -0.2) is 4.57 Å². The second-order valence-corrected chi connectivity index (χ2v) is 4.69. The molecule has 0 amide bonds. The molecule has 0 unspecified atom stereocenters. The molecule has 0 aliphatic rings. The summed E-state index contributed by atoms with van der Waals surface area (Å²) in [5.41, 5.74) is 2.57. The number of aromatic nitrogens is 1. The number of aryl methyl sites for hydroxylation is 1. The highest BCUT2D eigenvalue weighted by Gasteiger charge is 2.07. The van der Waals surface area contributed by atoms with Gasteiger partial charge >= 0.3 is 0 Å². The summed E-state index contributed by atoms with van der Waals surface area (Å²) in [4.78, 5) is 0. The fourth-order valence-corrected chi connectivity index (χ4v) is 2.36. The molecule has 0 aliphatic heterocycles. The SMILES string of the molecule is Cc1cccc2c1ccn2Cc1cc(F)ccc1F. The molecule has 3 rings (SSSR count). The highest BCUT2D eigenvalue weighted by Crippen LogP contribution is 2.21. The van der Waals surface area contributed by atoms with Gasteiger partial charge in [0.2, 0.25) is 0 Å². The normalized spacial score (nSPS) is 11.1. The third-order valence-electron chi connectivity index (χ3n) is 3.38. The van der Waals surface area contributed by atoms with Crippen molar-refractivity contribution in [1.29, 1.82) is 0 Å². The van der Waals surface area contributed by atoms with Crippen molar-refractivity contribution in [1.82, 2.24) is 4.57 Å². The van der Waals surface area contributed by atoms with E-state index in [4.69, 9.17) is 0 Å². The van der Waals surface area contributed by atoms with E-state index in [0.29, 0.717) is 12.1 Å². The lowest BCUT2D eigenvalue weighted by Gasteiger charge is -2.07. The van der Waals surface area contributed by atoms with Crippen LogP contribution in [0.3, 0.4) is 0 Å². The van der Waals surface area contributed by atoms with E-state index in [-0.39, 0.29) is 5.82 Å². The molecule has 0 aliphatic carbocycles. The van der Waals surface area contributed by atoms with Crippen LogP contribution in [0.15, 0.2) is 48.7 Å². The molecule has 1 heterocycles. The summed E-state index contributed by atoms with van der Waals surface area (Å²) in [6.07, 6.45) is 1.90. The molecule has 0 N–H and O–H groups in total. The summed E-state index contributed by atoms with van der Waals surface area (Å²) in [5.74, 6) is -0.792. The Labute approximate surface area is 110 Å². The molecular weight excluding hydrogens is 244 g/mol. The Morgan fingerprint density at radius 1 is 1.05 bits per heavy atom. The van der Waals surface area contributed by atoms with Crippen molar-refractivity contribution >= 4 is 10.9 Å². The highest BCUT2D eigenvalue weighted by atomic mass is 19.1.